The Bertz CT molecular complexity index is 502. The number of thiophene rings is 1. The van der Waals surface area contributed by atoms with Crippen LogP contribution in [0.3, 0.4) is 0 Å². The van der Waals surface area contributed by atoms with Gasteiger partial charge in [-0.15, -0.1) is 35.3 Å². The predicted octanol–water partition coefficient (Wildman–Crippen LogP) is 3.81. The topological polar surface area (TPSA) is 48.9 Å². The van der Waals surface area contributed by atoms with E-state index in [0.717, 1.165) is 51.1 Å². The highest BCUT2D eigenvalue weighted by Gasteiger charge is 2.19. The monoisotopic (exact) mass is 508 g/mol. The Morgan fingerprint density at radius 2 is 2.11 bits per heavy atom. The average molecular weight is 509 g/mol. The lowest BCUT2D eigenvalue weighted by atomic mass is 9.97. The molecule has 5 nitrogen and oxygen atoms in total. The van der Waals surface area contributed by atoms with Gasteiger partial charge in [0, 0.05) is 44.8 Å². The lowest BCUT2D eigenvalue weighted by Gasteiger charge is -2.32. The molecule has 0 saturated carbocycles. The van der Waals surface area contributed by atoms with Gasteiger partial charge in [0.1, 0.15) is 0 Å². The summed E-state index contributed by atoms with van der Waals surface area (Å²) in [5.41, 5.74) is 0. The Balaban J connectivity index is 0.00000364. The second-order valence-electron chi connectivity index (χ2n) is 7.50. The highest BCUT2D eigenvalue weighted by molar-refractivity contribution is 14.0. The van der Waals surface area contributed by atoms with Crippen molar-refractivity contribution in [3.63, 3.8) is 0 Å². The van der Waals surface area contributed by atoms with E-state index >= 15 is 0 Å². The summed E-state index contributed by atoms with van der Waals surface area (Å²) < 4.78 is 5.61. The molecule has 1 aromatic heterocycles. The molecule has 1 aliphatic heterocycles. The molecule has 0 amide bonds. The maximum atomic E-state index is 5.61. The second-order valence-corrected chi connectivity index (χ2v) is 8.53. The molecule has 2 heterocycles. The molecule has 1 fully saturated rings. The number of likely N-dealkylation sites (tertiary alicyclic amines) is 1. The Kier molecular flexibility index (Phi) is 13.3. The SMILES string of the molecule is CN=C(NCCCOCC(C)C)NCC1CCN(Cc2cccs2)CC1.I. The van der Waals surface area contributed by atoms with Crippen LogP contribution in [0.15, 0.2) is 22.5 Å². The van der Waals surface area contributed by atoms with Crippen molar-refractivity contribution in [1.29, 1.82) is 0 Å². The van der Waals surface area contributed by atoms with Crippen LogP contribution in [0.25, 0.3) is 0 Å². The maximum Gasteiger partial charge on any atom is 0.190 e. The molecule has 0 spiro atoms. The lowest BCUT2D eigenvalue weighted by Crippen LogP contribution is -2.43. The van der Waals surface area contributed by atoms with Crippen LogP contribution in [-0.4, -0.2) is 57.3 Å². The predicted molar refractivity (Wildman–Crippen MR) is 127 cm³/mol. The minimum Gasteiger partial charge on any atom is -0.381 e. The number of aliphatic imine (C=N–C) groups is 1. The summed E-state index contributed by atoms with van der Waals surface area (Å²) in [5.74, 6) is 2.26. The van der Waals surface area contributed by atoms with Crippen LogP contribution < -0.4 is 10.6 Å². The van der Waals surface area contributed by atoms with Gasteiger partial charge < -0.3 is 15.4 Å². The van der Waals surface area contributed by atoms with Crippen molar-refractivity contribution in [2.75, 3.05) is 46.4 Å². The molecule has 2 N–H and O–H groups in total. The Hall–Kier alpha value is -0.380. The van der Waals surface area contributed by atoms with E-state index in [2.05, 4.69) is 51.9 Å². The zero-order valence-electron chi connectivity index (χ0n) is 17.1. The molecule has 27 heavy (non-hydrogen) atoms. The number of hydrogen-bond acceptors (Lipinski definition) is 4. The van der Waals surface area contributed by atoms with Crippen LogP contribution >= 0.6 is 35.3 Å². The van der Waals surface area contributed by atoms with E-state index in [4.69, 9.17) is 4.74 Å². The van der Waals surface area contributed by atoms with Crippen molar-refractivity contribution >= 4 is 41.3 Å². The highest BCUT2D eigenvalue weighted by atomic mass is 127. The molecule has 0 radical (unpaired) electrons. The van der Waals surface area contributed by atoms with Gasteiger partial charge in [0.2, 0.25) is 0 Å². The second kappa shape index (κ2) is 14.6. The van der Waals surface area contributed by atoms with E-state index in [0.29, 0.717) is 5.92 Å². The number of guanidine groups is 1. The van der Waals surface area contributed by atoms with Crippen molar-refractivity contribution < 1.29 is 4.74 Å². The summed E-state index contributed by atoms with van der Waals surface area (Å²) in [5, 5.41) is 9.04. The molecule has 0 bridgehead atoms. The van der Waals surface area contributed by atoms with E-state index in [1.54, 1.807) is 0 Å². The molecule has 2 rings (SSSR count). The number of piperidine rings is 1. The van der Waals surface area contributed by atoms with Crippen molar-refractivity contribution in [1.82, 2.24) is 15.5 Å². The summed E-state index contributed by atoms with van der Waals surface area (Å²) in [7, 11) is 1.84. The minimum absolute atomic E-state index is 0. The average Bonchev–Trinajstić information content (AvgIpc) is 3.14. The molecule has 7 heteroatoms. The van der Waals surface area contributed by atoms with E-state index in [-0.39, 0.29) is 24.0 Å². The number of halogens is 1. The van der Waals surface area contributed by atoms with Crippen LogP contribution in [0.5, 0.6) is 0 Å². The number of ether oxygens (including phenoxy) is 1. The summed E-state index contributed by atoms with van der Waals surface area (Å²) >= 11 is 1.86. The Morgan fingerprint density at radius 3 is 2.74 bits per heavy atom. The van der Waals surface area contributed by atoms with Crippen LogP contribution in [0, 0.1) is 11.8 Å². The lowest BCUT2D eigenvalue weighted by molar-refractivity contribution is 0.108. The fourth-order valence-corrected chi connectivity index (χ4v) is 3.88. The van der Waals surface area contributed by atoms with Crippen molar-refractivity contribution in [3.05, 3.63) is 22.4 Å². The third-order valence-corrected chi connectivity index (χ3v) is 5.52. The minimum atomic E-state index is 0. The van der Waals surface area contributed by atoms with Gasteiger partial charge in [-0.25, -0.2) is 0 Å². The fourth-order valence-electron chi connectivity index (χ4n) is 3.13. The molecule has 0 atom stereocenters. The van der Waals surface area contributed by atoms with Gasteiger partial charge in [-0.05, 0) is 55.6 Å². The first-order chi connectivity index (χ1) is 12.7. The molecule has 1 saturated heterocycles. The van der Waals surface area contributed by atoms with Gasteiger partial charge in [-0.1, -0.05) is 19.9 Å². The van der Waals surface area contributed by atoms with Gasteiger partial charge in [0.15, 0.2) is 5.96 Å². The molecule has 1 aromatic rings. The van der Waals surface area contributed by atoms with E-state index < -0.39 is 0 Å². The zero-order valence-corrected chi connectivity index (χ0v) is 20.2. The quantitative estimate of drug-likeness (QED) is 0.219. The van der Waals surface area contributed by atoms with Crippen molar-refractivity contribution in [3.8, 4) is 0 Å². The molecular weight excluding hydrogens is 471 g/mol. The highest BCUT2D eigenvalue weighted by Crippen LogP contribution is 2.20. The van der Waals surface area contributed by atoms with E-state index in [9.17, 15) is 0 Å². The number of hydrogen-bond donors (Lipinski definition) is 2. The summed E-state index contributed by atoms with van der Waals surface area (Å²) in [6, 6.07) is 4.38. The smallest absolute Gasteiger partial charge is 0.190 e. The van der Waals surface area contributed by atoms with Crippen LogP contribution in [0.2, 0.25) is 0 Å². The van der Waals surface area contributed by atoms with E-state index in [1.165, 1.54) is 30.8 Å². The Morgan fingerprint density at radius 1 is 1.33 bits per heavy atom. The van der Waals surface area contributed by atoms with Crippen molar-refractivity contribution in [2.45, 2.75) is 39.7 Å². The summed E-state index contributed by atoms with van der Waals surface area (Å²) in [6.45, 7) is 11.4. The van der Waals surface area contributed by atoms with Crippen molar-refractivity contribution in [2.24, 2.45) is 16.8 Å². The van der Waals surface area contributed by atoms with Gasteiger partial charge >= 0.3 is 0 Å². The first kappa shape index (κ1) is 24.7. The third-order valence-electron chi connectivity index (χ3n) is 4.66. The van der Waals surface area contributed by atoms with Crippen LogP contribution in [0.1, 0.15) is 38.0 Å². The standard InChI is InChI=1S/C20H36N4OS.HI/c1-17(2)16-25-12-5-9-22-20(21-3)23-14-18-7-10-24(11-8-18)15-19-6-4-13-26-19;/h4,6,13,17-18H,5,7-12,14-16H2,1-3H3,(H2,21,22,23);1H. The van der Waals surface area contributed by atoms with E-state index in [1.807, 2.05) is 18.4 Å². The summed E-state index contributed by atoms with van der Waals surface area (Å²) in [4.78, 5) is 8.38. The molecule has 0 aromatic carbocycles. The first-order valence-corrected chi connectivity index (χ1v) is 10.8. The normalized spacial score (nSPS) is 16.4. The number of rotatable bonds is 10. The van der Waals surface area contributed by atoms with Gasteiger partial charge in [-0.3, -0.25) is 9.89 Å². The van der Waals surface area contributed by atoms with Crippen LogP contribution in [-0.2, 0) is 11.3 Å². The molecule has 0 aliphatic carbocycles. The maximum absolute atomic E-state index is 5.61. The molecule has 1 aliphatic rings. The van der Waals surface area contributed by atoms with Gasteiger partial charge in [0.05, 0.1) is 0 Å². The Labute approximate surface area is 186 Å². The molecule has 0 unspecified atom stereocenters. The number of nitrogens with one attached hydrogen (secondary N) is 2. The van der Waals surface area contributed by atoms with Gasteiger partial charge in [-0.2, -0.15) is 0 Å². The summed E-state index contributed by atoms with van der Waals surface area (Å²) in [6.07, 6.45) is 3.53. The fraction of sp³-hybridized carbons (Fsp3) is 0.750. The zero-order chi connectivity index (χ0) is 18.6. The largest absolute Gasteiger partial charge is 0.381 e. The van der Waals surface area contributed by atoms with Crippen LogP contribution in [0.4, 0.5) is 0 Å². The number of nitrogens with zero attached hydrogens (tertiary/aromatic N) is 2. The first-order valence-electron chi connectivity index (χ1n) is 9.94. The molecular formula is C20H37IN4OS. The van der Waals surface area contributed by atoms with Gasteiger partial charge in [0.25, 0.3) is 0 Å². The molecule has 156 valence electrons. The third kappa shape index (κ3) is 10.7.